The first kappa shape index (κ1) is 27.8. The third-order valence-electron chi connectivity index (χ3n) is 6.13. The van der Waals surface area contributed by atoms with E-state index >= 15 is 0 Å². The second-order valence-corrected chi connectivity index (χ2v) is 9.44. The molecule has 0 saturated carbocycles. The van der Waals surface area contributed by atoms with Crippen LogP contribution in [0.1, 0.15) is 31.7 Å². The molecule has 4 rings (SSSR count). The number of aliphatic carboxylic acids is 1. The summed E-state index contributed by atoms with van der Waals surface area (Å²) >= 11 is 12.2. The van der Waals surface area contributed by atoms with Crippen molar-refractivity contribution in [1.82, 2.24) is 14.8 Å². The Labute approximate surface area is 234 Å². The molecule has 2 aromatic carbocycles. The van der Waals surface area contributed by atoms with E-state index in [1.807, 2.05) is 55.5 Å². The minimum absolute atomic E-state index is 0.0229. The van der Waals surface area contributed by atoms with E-state index in [1.54, 1.807) is 6.92 Å². The van der Waals surface area contributed by atoms with Crippen LogP contribution in [0.5, 0.6) is 0 Å². The van der Waals surface area contributed by atoms with Crippen molar-refractivity contribution in [3.63, 3.8) is 0 Å². The van der Waals surface area contributed by atoms with Crippen LogP contribution < -0.4 is 16.2 Å². The van der Waals surface area contributed by atoms with Gasteiger partial charge in [-0.15, -0.1) is 0 Å². The number of hydrogen-bond acceptors (Lipinski definition) is 5. The van der Waals surface area contributed by atoms with Crippen molar-refractivity contribution in [3.05, 3.63) is 93.0 Å². The summed E-state index contributed by atoms with van der Waals surface area (Å²) in [4.78, 5) is 41.0. The van der Waals surface area contributed by atoms with Crippen molar-refractivity contribution in [2.75, 3.05) is 10.6 Å². The molecule has 2 amide bonds. The predicted molar refractivity (Wildman–Crippen MR) is 153 cm³/mol. The Morgan fingerprint density at radius 1 is 0.949 bits per heavy atom. The molecule has 0 bridgehead atoms. The van der Waals surface area contributed by atoms with Gasteiger partial charge in [-0.25, -0.2) is 9.48 Å². The minimum Gasteiger partial charge on any atom is -0.481 e. The molecular weight excluding hydrogens is 541 g/mol. The van der Waals surface area contributed by atoms with Gasteiger partial charge in [0, 0.05) is 24.5 Å². The summed E-state index contributed by atoms with van der Waals surface area (Å²) in [5.74, 6) is -1.41. The summed E-state index contributed by atoms with van der Waals surface area (Å²) in [5, 5.41) is 19.3. The van der Waals surface area contributed by atoms with Crippen LogP contribution in [0.25, 0.3) is 22.4 Å². The van der Waals surface area contributed by atoms with Crippen LogP contribution in [0, 0.1) is 0 Å². The van der Waals surface area contributed by atoms with Gasteiger partial charge in [0.25, 0.3) is 5.56 Å². The van der Waals surface area contributed by atoms with Gasteiger partial charge in [-0.3, -0.25) is 14.6 Å². The van der Waals surface area contributed by atoms with Gasteiger partial charge in [0.1, 0.15) is 5.69 Å². The lowest BCUT2D eigenvalue weighted by Crippen LogP contribution is -2.29. The summed E-state index contributed by atoms with van der Waals surface area (Å²) in [5.41, 5.74) is 3.43. The maximum Gasteiger partial charge on any atom is 0.323 e. The largest absolute Gasteiger partial charge is 0.481 e. The number of carboxylic acid groups (broad SMARTS) is 1. The molecule has 3 N–H and O–H groups in total. The van der Waals surface area contributed by atoms with E-state index in [0.717, 1.165) is 22.3 Å². The molecule has 4 aromatic rings. The summed E-state index contributed by atoms with van der Waals surface area (Å²) < 4.78 is 1.26. The lowest BCUT2D eigenvalue weighted by Gasteiger charge is -2.13. The van der Waals surface area contributed by atoms with Crippen LogP contribution in [0.4, 0.5) is 16.2 Å². The Morgan fingerprint density at radius 3 is 2.23 bits per heavy atom. The average Bonchev–Trinajstić information content (AvgIpc) is 2.92. The highest BCUT2D eigenvalue weighted by atomic mass is 35.5. The number of aryl methyl sites for hydroxylation is 1. The molecule has 2 heterocycles. The smallest absolute Gasteiger partial charge is 0.323 e. The second-order valence-electron chi connectivity index (χ2n) is 8.62. The van der Waals surface area contributed by atoms with Crippen LogP contribution in [-0.4, -0.2) is 31.9 Å². The van der Waals surface area contributed by atoms with Crippen molar-refractivity contribution in [1.29, 1.82) is 0 Å². The number of pyridine rings is 1. The number of nitrogens with zero attached hydrogens (tertiary/aromatic N) is 3. The van der Waals surface area contributed by atoms with Crippen molar-refractivity contribution < 1.29 is 14.7 Å². The predicted octanol–water partition coefficient (Wildman–Crippen LogP) is 6.52. The van der Waals surface area contributed by atoms with Crippen molar-refractivity contribution in [2.24, 2.45) is 0 Å². The van der Waals surface area contributed by atoms with E-state index in [2.05, 4.69) is 20.7 Å². The Hall–Kier alpha value is -4.21. The number of hydrogen-bond donors (Lipinski definition) is 3. The molecule has 1 atom stereocenters. The normalized spacial score (nSPS) is 11.6. The van der Waals surface area contributed by atoms with Crippen LogP contribution in [0.3, 0.4) is 0 Å². The maximum absolute atomic E-state index is 12.9. The molecule has 0 fully saturated rings. The summed E-state index contributed by atoms with van der Waals surface area (Å²) in [7, 11) is 0. The van der Waals surface area contributed by atoms with Gasteiger partial charge < -0.3 is 15.7 Å². The molecule has 0 saturated heterocycles. The molecule has 2 aromatic heterocycles. The summed E-state index contributed by atoms with van der Waals surface area (Å²) in [6.45, 7) is 3.90. The fraction of sp³-hybridized carbons (Fsp3) is 0.179. The van der Waals surface area contributed by atoms with E-state index < -0.39 is 23.5 Å². The van der Waals surface area contributed by atoms with Gasteiger partial charge in [0.15, 0.2) is 0 Å². The first-order chi connectivity index (χ1) is 18.7. The highest BCUT2D eigenvalue weighted by Gasteiger charge is 2.18. The first-order valence-corrected chi connectivity index (χ1v) is 12.9. The van der Waals surface area contributed by atoms with Gasteiger partial charge in [-0.05, 0) is 42.2 Å². The van der Waals surface area contributed by atoms with Gasteiger partial charge in [0.05, 0.1) is 27.3 Å². The number of anilines is 2. The summed E-state index contributed by atoms with van der Waals surface area (Å²) in [6.07, 6.45) is 3.18. The van der Waals surface area contributed by atoms with E-state index in [0.29, 0.717) is 12.1 Å². The van der Waals surface area contributed by atoms with E-state index in [1.165, 1.54) is 23.1 Å². The molecule has 11 heteroatoms. The molecule has 39 heavy (non-hydrogen) atoms. The number of carbonyl (C=O) groups excluding carboxylic acids is 1. The van der Waals surface area contributed by atoms with Crippen LogP contribution in [0.15, 0.2) is 71.8 Å². The maximum atomic E-state index is 12.9. The fourth-order valence-electron chi connectivity index (χ4n) is 4.10. The topological polar surface area (TPSA) is 126 Å². The fourth-order valence-corrected chi connectivity index (χ4v) is 4.56. The zero-order chi connectivity index (χ0) is 28.1. The minimum atomic E-state index is -0.852. The van der Waals surface area contributed by atoms with Crippen molar-refractivity contribution in [2.45, 2.75) is 32.7 Å². The van der Waals surface area contributed by atoms with Crippen LogP contribution >= 0.6 is 23.2 Å². The van der Waals surface area contributed by atoms with Gasteiger partial charge >= 0.3 is 12.0 Å². The zero-order valence-electron chi connectivity index (χ0n) is 21.1. The highest BCUT2D eigenvalue weighted by Crippen LogP contribution is 2.30. The van der Waals surface area contributed by atoms with E-state index in [-0.39, 0.29) is 28.0 Å². The summed E-state index contributed by atoms with van der Waals surface area (Å²) in [6, 6.07) is 15.8. The van der Waals surface area contributed by atoms with Crippen LogP contribution in [0.2, 0.25) is 10.0 Å². The number of nitrogens with one attached hydrogen (secondary N) is 2. The SMILES string of the molecule is CCC(C(=O)O)c1ccc(-c2cccc(-c3cc(NC(=O)Nc4c(Cl)cncc4Cl)c(=O)n(CC)n3)c2)cc1. The number of halogens is 2. The molecule has 1 unspecified atom stereocenters. The number of benzene rings is 2. The second kappa shape index (κ2) is 12.1. The first-order valence-electron chi connectivity index (χ1n) is 12.1. The molecule has 0 aliphatic heterocycles. The molecule has 0 aliphatic carbocycles. The Kier molecular flexibility index (Phi) is 8.63. The molecule has 0 spiro atoms. The number of carbonyl (C=O) groups is 2. The molecule has 0 aliphatic rings. The van der Waals surface area contributed by atoms with Gasteiger partial charge in [-0.2, -0.15) is 5.10 Å². The third-order valence-corrected chi connectivity index (χ3v) is 6.70. The Morgan fingerprint density at radius 2 is 1.62 bits per heavy atom. The average molecular weight is 566 g/mol. The Bertz CT molecular complexity index is 1570. The number of carboxylic acids is 1. The molecule has 9 nitrogen and oxygen atoms in total. The number of amides is 2. The lowest BCUT2D eigenvalue weighted by atomic mass is 9.94. The van der Waals surface area contributed by atoms with Gasteiger partial charge in [0.2, 0.25) is 0 Å². The lowest BCUT2D eigenvalue weighted by molar-refractivity contribution is -0.138. The number of aromatic nitrogens is 3. The van der Waals surface area contributed by atoms with E-state index in [9.17, 15) is 19.5 Å². The zero-order valence-corrected chi connectivity index (χ0v) is 22.6. The Balaban J connectivity index is 1.64. The van der Waals surface area contributed by atoms with Crippen molar-refractivity contribution >= 4 is 46.6 Å². The van der Waals surface area contributed by atoms with Gasteiger partial charge in [-0.1, -0.05) is 72.6 Å². The third kappa shape index (κ3) is 6.27. The quantitative estimate of drug-likeness (QED) is 0.223. The molecule has 0 radical (unpaired) electrons. The number of urea groups is 1. The van der Waals surface area contributed by atoms with Crippen LogP contribution in [-0.2, 0) is 11.3 Å². The standard InChI is InChI=1S/C28H25Cl2N5O4/c1-3-20(27(37)38)17-10-8-16(9-11-17)18-6-5-7-19(12-18)23-13-24(26(36)35(4-2)34-23)32-28(39)33-25-21(29)14-31-15-22(25)30/h5-15,20H,3-4H2,1-2H3,(H,37,38)(H2,31,32,33,39). The monoisotopic (exact) mass is 565 g/mol. The molecular formula is C28H25Cl2N5O4. The van der Waals surface area contributed by atoms with E-state index in [4.69, 9.17) is 23.2 Å². The van der Waals surface area contributed by atoms with Crippen molar-refractivity contribution in [3.8, 4) is 22.4 Å². The number of rotatable bonds is 8. The molecule has 200 valence electrons. The highest BCUT2D eigenvalue weighted by molar-refractivity contribution is 6.39.